The van der Waals surface area contributed by atoms with Gasteiger partial charge < -0.3 is 10.3 Å². The van der Waals surface area contributed by atoms with Gasteiger partial charge in [0.25, 0.3) is 0 Å². The lowest BCUT2D eigenvalue weighted by atomic mass is 10.2. The molecule has 0 fully saturated rings. The van der Waals surface area contributed by atoms with Crippen LogP contribution in [-0.4, -0.2) is 16.1 Å². The number of halogens is 1. The quantitative estimate of drug-likeness (QED) is 0.854. The number of nitrogens with zero attached hydrogens (tertiary/aromatic N) is 2. The zero-order valence-corrected chi connectivity index (χ0v) is 9.15. The van der Waals surface area contributed by atoms with E-state index >= 15 is 0 Å². The molecule has 0 saturated heterocycles. The molecule has 1 heterocycles. The van der Waals surface area contributed by atoms with Crippen LogP contribution in [0.3, 0.4) is 0 Å². The fraction of sp³-hybridized carbons (Fsp3) is 0.250. The van der Waals surface area contributed by atoms with Crippen molar-refractivity contribution >= 4 is 0 Å². The van der Waals surface area contributed by atoms with Crippen molar-refractivity contribution in [2.45, 2.75) is 6.42 Å². The van der Waals surface area contributed by atoms with E-state index in [9.17, 15) is 4.39 Å². The van der Waals surface area contributed by atoms with Crippen LogP contribution in [0.1, 0.15) is 5.69 Å². The summed E-state index contributed by atoms with van der Waals surface area (Å²) in [6.07, 6.45) is 2.71. The topological polar surface area (TPSA) is 43.8 Å². The molecule has 1 aromatic carbocycles. The zero-order valence-electron chi connectivity index (χ0n) is 9.15. The molecule has 2 N–H and O–H groups in total. The van der Waals surface area contributed by atoms with Gasteiger partial charge in [-0.1, -0.05) is 0 Å². The minimum absolute atomic E-state index is 0.236. The predicted octanol–water partition coefficient (Wildman–Crippen LogP) is 1.73. The number of hydrogen-bond donors (Lipinski definition) is 1. The monoisotopic (exact) mass is 219 g/mol. The first-order chi connectivity index (χ1) is 7.70. The molecule has 16 heavy (non-hydrogen) atoms. The van der Waals surface area contributed by atoms with E-state index in [1.165, 1.54) is 12.1 Å². The highest BCUT2D eigenvalue weighted by molar-refractivity contribution is 5.55. The molecule has 0 amide bonds. The second-order valence-electron chi connectivity index (χ2n) is 3.71. The molecule has 1 aromatic heterocycles. The summed E-state index contributed by atoms with van der Waals surface area (Å²) in [7, 11) is 1.92. The number of aromatic nitrogens is 2. The molecule has 0 bridgehead atoms. The molecule has 0 atom stereocenters. The van der Waals surface area contributed by atoms with E-state index in [1.807, 2.05) is 17.8 Å². The number of hydrogen-bond acceptors (Lipinski definition) is 2. The Morgan fingerprint density at radius 1 is 1.31 bits per heavy atom. The minimum atomic E-state index is -0.236. The molecule has 3 nitrogen and oxygen atoms in total. The highest BCUT2D eigenvalue weighted by atomic mass is 19.1. The van der Waals surface area contributed by atoms with Crippen molar-refractivity contribution < 1.29 is 4.39 Å². The van der Waals surface area contributed by atoms with Gasteiger partial charge >= 0.3 is 0 Å². The van der Waals surface area contributed by atoms with Gasteiger partial charge in [0.05, 0.1) is 5.69 Å². The summed E-state index contributed by atoms with van der Waals surface area (Å²) in [5.74, 6) is 0.601. The van der Waals surface area contributed by atoms with Crippen LogP contribution < -0.4 is 5.73 Å². The molecule has 84 valence electrons. The van der Waals surface area contributed by atoms with Crippen molar-refractivity contribution in [1.29, 1.82) is 0 Å². The van der Waals surface area contributed by atoms with Gasteiger partial charge in [-0.25, -0.2) is 9.37 Å². The third-order valence-corrected chi connectivity index (χ3v) is 2.43. The molecular formula is C12H14FN3. The smallest absolute Gasteiger partial charge is 0.139 e. The van der Waals surface area contributed by atoms with E-state index in [0.717, 1.165) is 23.5 Å². The van der Waals surface area contributed by atoms with Crippen molar-refractivity contribution in [3.63, 3.8) is 0 Å². The van der Waals surface area contributed by atoms with Gasteiger partial charge in [0.2, 0.25) is 0 Å². The Kier molecular flexibility index (Phi) is 3.01. The maximum absolute atomic E-state index is 12.8. The van der Waals surface area contributed by atoms with Gasteiger partial charge in [0, 0.05) is 25.2 Å². The van der Waals surface area contributed by atoms with Crippen molar-refractivity contribution in [3.8, 4) is 11.4 Å². The summed E-state index contributed by atoms with van der Waals surface area (Å²) in [5, 5.41) is 0. The van der Waals surface area contributed by atoms with Crippen LogP contribution in [0.15, 0.2) is 30.5 Å². The van der Waals surface area contributed by atoms with Crippen LogP contribution in [-0.2, 0) is 13.5 Å². The van der Waals surface area contributed by atoms with E-state index in [4.69, 9.17) is 5.73 Å². The van der Waals surface area contributed by atoms with Crippen LogP contribution in [0.25, 0.3) is 11.4 Å². The molecule has 0 aliphatic rings. The number of rotatable bonds is 3. The summed E-state index contributed by atoms with van der Waals surface area (Å²) in [4.78, 5) is 4.46. The van der Waals surface area contributed by atoms with E-state index in [0.29, 0.717) is 6.54 Å². The molecule has 0 radical (unpaired) electrons. The van der Waals surface area contributed by atoms with Gasteiger partial charge in [-0.2, -0.15) is 0 Å². The van der Waals surface area contributed by atoms with Crippen LogP contribution >= 0.6 is 0 Å². The molecule has 0 unspecified atom stereocenters. The number of aryl methyl sites for hydroxylation is 1. The molecule has 2 rings (SSSR count). The molecule has 0 spiro atoms. The Morgan fingerprint density at radius 3 is 2.62 bits per heavy atom. The largest absolute Gasteiger partial charge is 0.334 e. The Hall–Kier alpha value is -1.68. The zero-order chi connectivity index (χ0) is 11.5. The van der Waals surface area contributed by atoms with E-state index < -0.39 is 0 Å². The Balaban J connectivity index is 2.36. The maximum atomic E-state index is 12.8. The summed E-state index contributed by atoms with van der Waals surface area (Å²) < 4.78 is 14.7. The first kappa shape index (κ1) is 10.8. The van der Waals surface area contributed by atoms with E-state index in [-0.39, 0.29) is 5.82 Å². The fourth-order valence-corrected chi connectivity index (χ4v) is 1.66. The first-order valence-electron chi connectivity index (χ1n) is 5.19. The number of benzene rings is 1. The lowest BCUT2D eigenvalue weighted by Crippen LogP contribution is -2.02. The summed E-state index contributed by atoms with van der Waals surface area (Å²) in [5.41, 5.74) is 7.35. The number of nitrogens with two attached hydrogens (primary N) is 1. The first-order valence-corrected chi connectivity index (χ1v) is 5.19. The normalized spacial score (nSPS) is 10.7. The molecular weight excluding hydrogens is 205 g/mol. The van der Waals surface area contributed by atoms with Crippen LogP contribution in [0.5, 0.6) is 0 Å². The van der Waals surface area contributed by atoms with E-state index in [1.54, 1.807) is 12.1 Å². The standard InChI is InChI=1S/C12H14FN3/c1-16-8-11(6-7-14)15-12(16)9-2-4-10(13)5-3-9/h2-5,8H,6-7,14H2,1H3. The van der Waals surface area contributed by atoms with Crippen molar-refractivity contribution in [2.24, 2.45) is 12.8 Å². The fourth-order valence-electron chi connectivity index (χ4n) is 1.66. The molecule has 2 aromatic rings. The average molecular weight is 219 g/mol. The molecule has 0 aliphatic carbocycles. The molecule has 0 saturated carbocycles. The summed E-state index contributed by atoms with van der Waals surface area (Å²) >= 11 is 0. The molecule has 0 aliphatic heterocycles. The van der Waals surface area contributed by atoms with Crippen LogP contribution in [0.4, 0.5) is 4.39 Å². The Morgan fingerprint density at radius 2 is 2.00 bits per heavy atom. The van der Waals surface area contributed by atoms with E-state index in [2.05, 4.69) is 4.98 Å². The number of imidazole rings is 1. The van der Waals surface area contributed by atoms with Crippen molar-refractivity contribution in [1.82, 2.24) is 9.55 Å². The van der Waals surface area contributed by atoms with Gasteiger partial charge in [-0.15, -0.1) is 0 Å². The van der Waals surface area contributed by atoms with Gasteiger partial charge in [-0.05, 0) is 30.8 Å². The average Bonchev–Trinajstić information content (AvgIpc) is 2.61. The Bertz CT molecular complexity index is 474. The predicted molar refractivity (Wildman–Crippen MR) is 61.4 cm³/mol. The second-order valence-corrected chi connectivity index (χ2v) is 3.71. The summed E-state index contributed by atoms with van der Waals surface area (Å²) in [6, 6.07) is 6.33. The second kappa shape index (κ2) is 4.45. The van der Waals surface area contributed by atoms with Crippen molar-refractivity contribution in [3.05, 3.63) is 42.0 Å². The highest BCUT2D eigenvalue weighted by Gasteiger charge is 2.07. The SMILES string of the molecule is Cn1cc(CCN)nc1-c1ccc(F)cc1. The maximum Gasteiger partial charge on any atom is 0.139 e. The lowest BCUT2D eigenvalue weighted by molar-refractivity contribution is 0.628. The van der Waals surface area contributed by atoms with Gasteiger partial charge in [0.1, 0.15) is 11.6 Å². The van der Waals surface area contributed by atoms with Crippen molar-refractivity contribution in [2.75, 3.05) is 6.54 Å². The Labute approximate surface area is 93.7 Å². The van der Waals surface area contributed by atoms with Crippen LogP contribution in [0, 0.1) is 5.82 Å². The van der Waals surface area contributed by atoms with Crippen LogP contribution in [0.2, 0.25) is 0 Å². The minimum Gasteiger partial charge on any atom is -0.334 e. The summed E-state index contributed by atoms with van der Waals surface area (Å²) in [6.45, 7) is 0.583. The van der Waals surface area contributed by atoms with Gasteiger partial charge in [0.15, 0.2) is 0 Å². The lowest BCUT2D eigenvalue weighted by Gasteiger charge is -2.00. The highest BCUT2D eigenvalue weighted by Crippen LogP contribution is 2.18. The van der Waals surface area contributed by atoms with Gasteiger partial charge in [-0.3, -0.25) is 0 Å². The third kappa shape index (κ3) is 2.12. The third-order valence-electron chi connectivity index (χ3n) is 2.43. The molecule has 4 heteroatoms.